The highest BCUT2D eigenvalue weighted by atomic mass is 28.3. The second-order valence-corrected chi connectivity index (χ2v) is 9.91. The van der Waals surface area contributed by atoms with Crippen LogP contribution in [0.5, 0.6) is 0 Å². The Morgan fingerprint density at radius 2 is 1.79 bits per heavy atom. The van der Waals surface area contributed by atoms with Crippen LogP contribution in [0.25, 0.3) is 22.0 Å². The number of fused-ring (bicyclic) bond motifs is 5. The van der Waals surface area contributed by atoms with E-state index in [0.29, 0.717) is 0 Å². The second-order valence-electron chi connectivity index (χ2n) is 5.62. The van der Waals surface area contributed by atoms with Gasteiger partial charge in [-0.2, -0.15) is 0 Å². The highest BCUT2D eigenvalue weighted by molar-refractivity contribution is 7.05. The van der Waals surface area contributed by atoms with Gasteiger partial charge >= 0.3 is 0 Å². The largest absolute Gasteiger partial charge is 0.244 e. The fourth-order valence-electron chi connectivity index (χ4n) is 3.31. The van der Waals surface area contributed by atoms with Crippen molar-refractivity contribution in [2.45, 2.75) is 13.1 Å². The van der Waals surface area contributed by atoms with E-state index in [4.69, 9.17) is 0 Å². The molecule has 0 N–H and O–H groups in total. The minimum Gasteiger partial charge on any atom is -0.244 e. The van der Waals surface area contributed by atoms with E-state index in [2.05, 4.69) is 59.5 Å². The lowest BCUT2D eigenvalue weighted by molar-refractivity contribution is 1.23. The minimum absolute atomic E-state index is 1.14. The van der Waals surface area contributed by atoms with Crippen LogP contribution in [-0.2, 0) is 0 Å². The molecule has 3 heteroatoms. The normalized spacial score (nSPS) is 15.3. The van der Waals surface area contributed by atoms with E-state index >= 15 is 0 Å². The Labute approximate surface area is 113 Å². The van der Waals surface area contributed by atoms with E-state index in [1.165, 1.54) is 21.5 Å². The summed E-state index contributed by atoms with van der Waals surface area (Å²) in [4.78, 5) is 8.69. The van der Waals surface area contributed by atoms with E-state index in [-0.39, 0.29) is 0 Å². The maximum absolute atomic E-state index is 4.56. The van der Waals surface area contributed by atoms with Gasteiger partial charge in [-0.15, -0.1) is 0 Å². The van der Waals surface area contributed by atoms with Gasteiger partial charge in [0.2, 0.25) is 0 Å². The van der Waals surface area contributed by atoms with Crippen LogP contribution >= 0.6 is 0 Å². The van der Waals surface area contributed by atoms with E-state index in [1.807, 2.05) is 6.20 Å². The fourth-order valence-corrected chi connectivity index (χ4v) is 6.68. The number of benzene rings is 2. The van der Waals surface area contributed by atoms with E-state index < -0.39 is 8.07 Å². The molecule has 0 spiro atoms. The Balaban J connectivity index is 2.20. The van der Waals surface area contributed by atoms with Crippen molar-refractivity contribution in [3.8, 4) is 11.1 Å². The van der Waals surface area contributed by atoms with Crippen molar-refractivity contribution >= 4 is 29.4 Å². The maximum Gasteiger partial charge on any atom is 0.116 e. The number of hydrogen-bond donors (Lipinski definition) is 0. The van der Waals surface area contributed by atoms with Crippen LogP contribution in [0.3, 0.4) is 0 Å². The minimum atomic E-state index is -1.64. The molecule has 4 rings (SSSR count). The molecule has 1 aromatic heterocycles. The molecule has 0 unspecified atom stereocenters. The first kappa shape index (κ1) is 10.9. The molecule has 1 aliphatic heterocycles. The fraction of sp³-hybridized carbons (Fsp3) is 0.125. The average Bonchev–Trinajstić information content (AvgIpc) is 2.68. The van der Waals surface area contributed by atoms with Gasteiger partial charge in [-0.1, -0.05) is 49.5 Å². The van der Waals surface area contributed by atoms with Crippen LogP contribution in [0, 0.1) is 0 Å². The lowest BCUT2D eigenvalue weighted by Gasteiger charge is -2.19. The van der Waals surface area contributed by atoms with Gasteiger partial charge in [0.15, 0.2) is 0 Å². The molecule has 3 aromatic rings. The van der Waals surface area contributed by atoms with E-state index in [9.17, 15) is 0 Å². The van der Waals surface area contributed by atoms with Crippen LogP contribution in [0.15, 0.2) is 48.9 Å². The summed E-state index contributed by atoms with van der Waals surface area (Å²) in [7, 11) is -1.64. The van der Waals surface area contributed by atoms with Gasteiger partial charge in [-0.25, -0.2) is 9.97 Å². The third kappa shape index (κ3) is 1.31. The zero-order chi connectivity index (χ0) is 13.0. The first-order valence-corrected chi connectivity index (χ1v) is 9.52. The molecule has 0 amide bonds. The number of nitrogens with zero attached hydrogens (tertiary/aromatic N) is 2. The van der Waals surface area contributed by atoms with Crippen molar-refractivity contribution in [2.24, 2.45) is 0 Å². The van der Waals surface area contributed by atoms with Crippen molar-refractivity contribution in [3.63, 3.8) is 0 Å². The summed E-state index contributed by atoms with van der Waals surface area (Å²) in [6.45, 7) is 4.83. The Hall–Kier alpha value is -2.00. The molecule has 0 fully saturated rings. The van der Waals surface area contributed by atoms with Crippen molar-refractivity contribution in [1.29, 1.82) is 0 Å². The summed E-state index contributed by atoms with van der Waals surface area (Å²) in [5.74, 6) is 0. The Morgan fingerprint density at radius 1 is 0.947 bits per heavy atom. The Morgan fingerprint density at radius 3 is 2.68 bits per heavy atom. The lowest BCUT2D eigenvalue weighted by Crippen LogP contribution is -2.49. The molecule has 0 bridgehead atoms. The molecule has 0 atom stereocenters. The molecule has 0 saturated carbocycles. The molecule has 92 valence electrons. The highest BCUT2D eigenvalue weighted by Gasteiger charge is 2.38. The molecule has 2 aromatic carbocycles. The summed E-state index contributed by atoms with van der Waals surface area (Å²) < 4.78 is 0. The van der Waals surface area contributed by atoms with Gasteiger partial charge in [0, 0.05) is 11.6 Å². The monoisotopic (exact) mass is 262 g/mol. The Bertz CT molecular complexity index is 809. The maximum atomic E-state index is 4.56. The molecular formula is C16H14N2Si. The summed E-state index contributed by atoms with van der Waals surface area (Å²) in [5.41, 5.74) is 3.91. The van der Waals surface area contributed by atoms with Gasteiger partial charge in [0.25, 0.3) is 0 Å². The van der Waals surface area contributed by atoms with Crippen molar-refractivity contribution in [2.75, 3.05) is 0 Å². The zero-order valence-corrected chi connectivity index (χ0v) is 12.0. The van der Waals surface area contributed by atoms with Crippen LogP contribution in [-0.4, -0.2) is 18.0 Å². The average molecular weight is 262 g/mol. The van der Waals surface area contributed by atoms with Crippen LogP contribution < -0.4 is 10.4 Å². The molecule has 0 saturated heterocycles. The van der Waals surface area contributed by atoms with E-state index in [1.54, 1.807) is 6.33 Å². The van der Waals surface area contributed by atoms with Crippen molar-refractivity contribution < 1.29 is 0 Å². The molecule has 0 aliphatic carbocycles. The number of hydrogen-bond acceptors (Lipinski definition) is 2. The first-order chi connectivity index (χ1) is 9.19. The molecule has 0 radical (unpaired) electrons. The summed E-state index contributed by atoms with van der Waals surface area (Å²) in [6, 6.07) is 13.2. The quantitative estimate of drug-likeness (QED) is 0.582. The third-order valence-electron chi connectivity index (χ3n) is 4.19. The van der Waals surface area contributed by atoms with Crippen LogP contribution in [0.1, 0.15) is 0 Å². The topological polar surface area (TPSA) is 25.8 Å². The lowest BCUT2D eigenvalue weighted by atomic mass is 10.0. The van der Waals surface area contributed by atoms with Gasteiger partial charge in [-0.05, 0) is 21.5 Å². The SMILES string of the molecule is C[Si]1(C)c2ccccc2-c2ccc3cncnc3c21. The predicted molar refractivity (Wildman–Crippen MR) is 81.7 cm³/mol. The van der Waals surface area contributed by atoms with Crippen molar-refractivity contribution in [3.05, 3.63) is 48.9 Å². The van der Waals surface area contributed by atoms with Crippen LogP contribution in [0.4, 0.5) is 0 Å². The third-order valence-corrected chi connectivity index (χ3v) is 7.73. The summed E-state index contributed by atoms with van der Waals surface area (Å²) in [5, 5.41) is 4.14. The number of rotatable bonds is 0. The van der Waals surface area contributed by atoms with Gasteiger partial charge < -0.3 is 0 Å². The summed E-state index contributed by atoms with van der Waals surface area (Å²) in [6.07, 6.45) is 3.58. The van der Waals surface area contributed by atoms with Crippen molar-refractivity contribution in [1.82, 2.24) is 9.97 Å². The summed E-state index contributed by atoms with van der Waals surface area (Å²) >= 11 is 0. The van der Waals surface area contributed by atoms with Crippen LogP contribution in [0.2, 0.25) is 13.1 Å². The predicted octanol–water partition coefficient (Wildman–Crippen LogP) is 2.43. The molecule has 19 heavy (non-hydrogen) atoms. The molecular weight excluding hydrogens is 248 g/mol. The second kappa shape index (κ2) is 3.51. The Kier molecular flexibility index (Phi) is 2.01. The number of aromatic nitrogens is 2. The first-order valence-electron chi connectivity index (χ1n) is 6.52. The smallest absolute Gasteiger partial charge is 0.116 e. The molecule has 1 aliphatic rings. The van der Waals surface area contributed by atoms with Gasteiger partial charge in [0.1, 0.15) is 14.4 Å². The molecule has 2 heterocycles. The highest BCUT2D eigenvalue weighted by Crippen LogP contribution is 2.30. The molecule has 2 nitrogen and oxygen atoms in total. The zero-order valence-electron chi connectivity index (χ0n) is 11.0. The van der Waals surface area contributed by atoms with E-state index in [0.717, 1.165) is 10.9 Å². The van der Waals surface area contributed by atoms with Gasteiger partial charge in [-0.3, -0.25) is 0 Å². The van der Waals surface area contributed by atoms with Gasteiger partial charge in [0.05, 0.1) is 5.52 Å². The standard InChI is InChI=1S/C16H14N2Si/c1-19(2)14-6-4-3-5-12(14)13-8-7-11-9-17-10-18-15(11)16(13)19/h3-10H,1-2H3.